The molecule has 0 saturated heterocycles. The van der Waals surface area contributed by atoms with Crippen molar-refractivity contribution >= 4 is 164 Å². The standard InChI is InChI=1S/C52H32N2O.C36H24N2O.C35H22N2O/c1-4-12-33(13-5-1)39-29-44(36-16-8-3-9-17-36)51-47(31-39)48-32-40(34-14-6-2-7-15-34)30-45(52(48)55-51)37-22-20-35(21-23-37)38-24-25-43-46(28-38)41-18-10-11-19-42(41)49-50(43)54-27-26-53-49;1-21-7-14-33-31(17-21)32-19-22(2)18-29(36(32)39-33)24-10-8-23(9-11-24)25-12-13-28-30(20-25)26-5-3-4-6-27(26)34-35(28)38-16-15-37-34;1-21-6-4-10-29-30-11-5-9-25(35(30)38-34(21)29)23-14-12-22(13-15-23)24-16-17-28-31(20-24)26-7-2-3-8-27(26)32-33(28)37-19-18-36-32/h1-32H;3-20H,1-2H3;2-20H,1H3. The van der Waals surface area contributed by atoms with Crippen molar-refractivity contribution in [2.75, 3.05) is 0 Å². The highest BCUT2D eigenvalue weighted by Crippen LogP contribution is 2.48. The summed E-state index contributed by atoms with van der Waals surface area (Å²) in [5.74, 6) is 0. The molecular weight excluding hydrogens is 1610 g/mol. The van der Waals surface area contributed by atoms with Crippen LogP contribution in [0.25, 0.3) is 264 Å². The van der Waals surface area contributed by atoms with Crippen LogP contribution in [0.2, 0.25) is 0 Å². The zero-order valence-electron chi connectivity index (χ0n) is 72.2. The van der Waals surface area contributed by atoms with Gasteiger partial charge < -0.3 is 13.3 Å². The van der Waals surface area contributed by atoms with Crippen LogP contribution in [0.1, 0.15) is 16.7 Å². The number of hydrogen-bond acceptors (Lipinski definition) is 9. The van der Waals surface area contributed by atoms with E-state index in [2.05, 4.69) is 423 Å². The quantitative estimate of drug-likeness (QED) is 0.130. The van der Waals surface area contributed by atoms with Gasteiger partial charge in [-0.05, 0) is 209 Å². The first-order chi connectivity index (χ1) is 65.2. The number of aromatic nitrogens is 6. The minimum Gasteiger partial charge on any atom is -0.455 e. The lowest BCUT2D eigenvalue weighted by Crippen LogP contribution is -1.89. The van der Waals surface area contributed by atoms with Crippen LogP contribution in [0.3, 0.4) is 0 Å². The first-order valence-electron chi connectivity index (χ1n) is 44.7. The molecule has 27 aromatic rings. The van der Waals surface area contributed by atoms with Crippen LogP contribution in [0.4, 0.5) is 0 Å². The van der Waals surface area contributed by atoms with E-state index < -0.39 is 0 Å². The number of aryl methyl sites for hydroxylation is 3. The molecule has 618 valence electrons. The second-order valence-corrected chi connectivity index (χ2v) is 34.4. The topological polar surface area (TPSA) is 117 Å². The van der Waals surface area contributed by atoms with Crippen molar-refractivity contribution in [1.82, 2.24) is 29.9 Å². The largest absolute Gasteiger partial charge is 0.455 e. The summed E-state index contributed by atoms with van der Waals surface area (Å²) in [7, 11) is 0. The zero-order chi connectivity index (χ0) is 87.6. The molecule has 0 aliphatic carbocycles. The van der Waals surface area contributed by atoms with E-state index in [9.17, 15) is 0 Å². The second-order valence-electron chi connectivity index (χ2n) is 34.4. The molecular formula is C123H78N6O3. The molecule has 0 saturated carbocycles. The molecule has 9 heteroatoms. The Morgan fingerprint density at radius 2 is 0.439 bits per heavy atom. The molecule has 0 aliphatic heterocycles. The lowest BCUT2D eigenvalue weighted by atomic mass is 9.92. The zero-order valence-corrected chi connectivity index (χ0v) is 72.2. The number of furan rings is 3. The predicted molar refractivity (Wildman–Crippen MR) is 549 cm³/mol. The van der Waals surface area contributed by atoms with Crippen molar-refractivity contribution in [2.24, 2.45) is 0 Å². The summed E-state index contributed by atoms with van der Waals surface area (Å²) in [4.78, 5) is 28.1. The Labute approximate surface area is 758 Å². The Morgan fingerprint density at radius 1 is 0.152 bits per heavy atom. The van der Waals surface area contributed by atoms with Crippen molar-refractivity contribution in [3.05, 3.63) is 436 Å². The van der Waals surface area contributed by atoms with Crippen LogP contribution < -0.4 is 0 Å². The Bertz CT molecular complexity index is 9250. The molecule has 6 heterocycles. The molecule has 0 amide bonds. The second kappa shape index (κ2) is 31.6. The molecule has 27 rings (SSSR count). The highest BCUT2D eigenvalue weighted by atomic mass is 16.3. The maximum atomic E-state index is 7.03. The Balaban J connectivity index is 0.000000109. The third kappa shape index (κ3) is 13.1. The number of benzene rings is 21. The van der Waals surface area contributed by atoms with E-state index in [0.717, 1.165) is 187 Å². The van der Waals surface area contributed by atoms with Gasteiger partial charge in [0.1, 0.15) is 33.5 Å². The Kier molecular flexibility index (Phi) is 18.4. The molecule has 0 spiro atoms. The van der Waals surface area contributed by atoms with Gasteiger partial charge in [0.15, 0.2) is 0 Å². The number of rotatable bonds is 9. The van der Waals surface area contributed by atoms with Gasteiger partial charge in [-0.2, -0.15) is 0 Å². The van der Waals surface area contributed by atoms with E-state index in [4.69, 9.17) is 23.2 Å². The third-order valence-corrected chi connectivity index (χ3v) is 26.5. The molecule has 0 unspecified atom stereocenters. The minimum atomic E-state index is 0.884. The van der Waals surface area contributed by atoms with Gasteiger partial charge in [-0.25, -0.2) is 0 Å². The average Bonchev–Trinajstić information content (AvgIpc) is 1.14. The molecule has 0 fully saturated rings. The lowest BCUT2D eigenvalue weighted by molar-refractivity contribution is 0.667. The van der Waals surface area contributed by atoms with Crippen molar-refractivity contribution in [3.63, 3.8) is 0 Å². The molecule has 0 aliphatic rings. The van der Waals surface area contributed by atoms with E-state index in [1.807, 2.05) is 0 Å². The van der Waals surface area contributed by atoms with Gasteiger partial charge in [0.25, 0.3) is 0 Å². The monoisotopic (exact) mass is 1690 g/mol. The number of nitrogens with zero attached hydrogens (tertiary/aromatic N) is 6. The number of hydrogen-bond donors (Lipinski definition) is 0. The van der Waals surface area contributed by atoms with Gasteiger partial charge in [-0.3, -0.25) is 29.9 Å². The van der Waals surface area contributed by atoms with Gasteiger partial charge >= 0.3 is 0 Å². The summed E-state index contributed by atoms with van der Waals surface area (Å²) in [6.45, 7) is 6.37. The van der Waals surface area contributed by atoms with E-state index in [0.29, 0.717) is 0 Å². The molecule has 0 N–H and O–H groups in total. The first kappa shape index (κ1) is 77.0. The van der Waals surface area contributed by atoms with Crippen LogP contribution in [0, 0.1) is 20.8 Å². The SMILES string of the molecule is Cc1ccc2oc3c(-c4ccc(-c5ccc6c(c5)c5ccccc5c5nccnc65)cc4)cc(C)cc3c2c1.Cc1cccc2c1oc1c(-c3ccc(-c4ccc5c(c4)c4ccccc4c4nccnc54)cc3)cccc12.c1ccc(-c2cc(-c3ccccc3)c3oc4c(-c5ccc(-c6ccc7c(c6)c6ccccc6c6nccnc76)cc5)cc(-c5ccccc5)cc4c3c2)cc1. The van der Waals surface area contributed by atoms with Gasteiger partial charge in [0.2, 0.25) is 0 Å². The van der Waals surface area contributed by atoms with Gasteiger partial charge in [0.05, 0.1) is 33.1 Å². The van der Waals surface area contributed by atoms with Gasteiger partial charge in [-0.15, -0.1) is 0 Å². The van der Waals surface area contributed by atoms with Crippen LogP contribution in [0.5, 0.6) is 0 Å². The van der Waals surface area contributed by atoms with E-state index >= 15 is 0 Å². The lowest BCUT2D eigenvalue weighted by Gasteiger charge is -2.12. The van der Waals surface area contributed by atoms with Crippen LogP contribution in [0.15, 0.2) is 433 Å². The molecule has 132 heavy (non-hydrogen) atoms. The van der Waals surface area contributed by atoms with Gasteiger partial charge in [0, 0.05) is 124 Å². The van der Waals surface area contributed by atoms with Crippen LogP contribution in [-0.4, -0.2) is 29.9 Å². The fourth-order valence-electron chi connectivity index (χ4n) is 20.1. The van der Waals surface area contributed by atoms with Crippen molar-refractivity contribution in [2.45, 2.75) is 20.8 Å². The average molecular weight is 1690 g/mol. The molecule has 0 radical (unpaired) electrons. The highest BCUT2D eigenvalue weighted by molar-refractivity contribution is 6.27. The first-order valence-corrected chi connectivity index (χ1v) is 44.7. The van der Waals surface area contributed by atoms with E-state index in [1.54, 1.807) is 37.2 Å². The number of para-hydroxylation sites is 2. The smallest absolute Gasteiger partial charge is 0.143 e. The molecule has 0 bridgehead atoms. The highest BCUT2D eigenvalue weighted by Gasteiger charge is 2.24. The summed E-state index contributed by atoms with van der Waals surface area (Å²) >= 11 is 0. The molecule has 0 atom stereocenters. The van der Waals surface area contributed by atoms with E-state index in [1.165, 1.54) is 93.0 Å². The minimum absolute atomic E-state index is 0.884. The van der Waals surface area contributed by atoms with Crippen molar-refractivity contribution in [1.29, 1.82) is 0 Å². The predicted octanol–water partition coefficient (Wildman–Crippen LogP) is 33.4. The summed E-state index contributed by atoms with van der Waals surface area (Å²) in [5, 5.41) is 20.7. The fraction of sp³-hybridized carbons (Fsp3) is 0.0244. The van der Waals surface area contributed by atoms with Gasteiger partial charge in [-0.1, -0.05) is 321 Å². The summed E-state index contributed by atoms with van der Waals surface area (Å²) < 4.78 is 19.8. The summed E-state index contributed by atoms with van der Waals surface area (Å²) in [6.07, 6.45) is 10.6. The Hall–Kier alpha value is -17.4. The summed E-state index contributed by atoms with van der Waals surface area (Å²) in [6, 6.07) is 136. The molecule has 21 aromatic carbocycles. The maximum Gasteiger partial charge on any atom is 0.143 e. The number of fused-ring (bicyclic) bond motifs is 27. The maximum absolute atomic E-state index is 7.03. The van der Waals surface area contributed by atoms with Crippen molar-refractivity contribution < 1.29 is 13.3 Å². The third-order valence-electron chi connectivity index (χ3n) is 26.5. The van der Waals surface area contributed by atoms with Crippen LogP contribution in [-0.2, 0) is 0 Å². The molecule has 6 aromatic heterocycles. The fourth-order valence-corrected chi connectivity index (χ4v) is 20.1. The molecule has 9 nitrogen and oxygen atoms in total. The van der Waals surface area contributed by atoms with Crippen molar-refractivity contribution in [3.8, 4) is 100 Å². The van der Waals surface area contributed by atoms with E-state index in [-0.39, 0.29) is 0 Å². The Morgan fingerprint density at radius 3 is 0.871 bits per heavy atom. The normalized spacial score (nSPS) is 11.8. The van der Waals surface area contributed by atoms with Crippen LogP contribution >= 0.6 is 0 Å². The summed E-state index contributed by atoms with van der Waals surface area (Å²) in [5.41, 5.74) is 35.4.